The van der Waals surface area contributed by atoms with E-state index >= 15 is 0 Å². The molecule has 0 spiro atoms. The van der Waals surface area contributed by atoms with Crippen molar-refractivity contribution >= 4 is 5.97 Å². The number of alkyl halides is 3. The van der Waals surface area contributed by atoms with E-state index in [1.54, 1.807) is 0 Å². The average molecular weight is 211 g/mol. The Hall–Kier alpha value is -1.04. The first-order chi connectivity index (χ1) is 6.31. The number of rotatable bonds is 5. The molecule has 3 nitrogen and oxygen atoms in total. The van der Waals surface area contributed by atoms with Gasteiger partial charge >= 0.3 is 12.1 Å². The minimum Gasteiger partial charge on any atom is -0.478 e. The molecule has 0 fully saturated rings. The Balaban J connectivity index is 3.65. The molecular weight excluding hydrogens is 199 g/mol. The number of carboxylic acids is 1. The summed E-state index contributed by atoms with van der Waals surface area (Å²) in [5.41, 5.74) is 0. The first-order valence-electron chi connectivity index (χ1n) is 4.01. The van der Waals surface area contributed by atoms with Crippen LogP contribution in [0.5, 0.6) is 0 Å². The zero-order valence-corrected chi connectivity index (χ0v) is 7.64. The van der Waals surface area contributed by atoms with Gasteiger partial charge in [-0.3, -0.25) is 0 Å². The van der Waals surface area contributed by atoms with E-state index in [-0.39, 0.29) is 6.54 Å². The Kier molecular flexibility index (Phi) is 5.22. The summed E-state index contributed by atoms with van der Waals surface area (Å²) in [5, 5.41) is 10.7. The quantitative estimate of drug-likeness (QED) is 0.678. The molecule has 0 amide bonds. The molecule has 0 heterocycles. The molecule has 14 heavy (non-hydrogen) atoms. The highest BCUT2D eigenvalue weighted by Crippen LogP contribution is 2.20. The van der Waals surface area contributed by atoms with Crippen molar-refractivity contribution in [1.82, 2.24) is 5.32 Å². The molecule has 82 valence electrons. The zero-order valence-electron chi connectivity index (χ0n) is 7.64. The first kappa shape index (κ1) is 13.0. The van der Waals surface area contributed by atoms with Crippen LogP contribution >= 0.6 is 0 Å². The van der Waals surface area contributed by atoms with Gasteiger partial charge in [0.1, 0.15) is 0 Å². The van der Waals surface area contributed by atoms with E-state index < -0.39 is 24.6 Å². The van der Waals surface area contributed by atoms with Crippen molar-refractivity contribution in [2.45, 2.75) is 25.6 Å². The molecule has 1 unspecified atom stereocenters. The van der Waals surface area contributed by atoms with E-state index in [2.05, 4.69) is 5.32 Å². The minimum atomic E-state index is -4.19. The number of halogens is 3. The molecule has 6 heteroatoms. The van der Waals surface area contributed by atoms with Gasteiger partial charge in [-0.2, -0.15) is 13.2 Å². The second-order valence-electron chi connectivity index (χ2n) is 2.87. The third kappa shape index (κ3) is 9.05. The van der Waals surface area contributed by atoms with Crippen LogP contribution in [0.4, 0.5) is 13.2 Å². The largest absolute Gasteiger partial charge is 0.478 e. The van der Waals surface area contributed by atoms with Gasteiger partial charge in [0.15, 0.2) is 0 Å². The summed E-state index contributed by atoms with van der Waals surface area (Å²) < 4.78 is 35.4. The van der Waals surface area contributed by atoms with E-state index in [1.807, 2.05) is 0 Å². The summed E-state index contributed by atoms with van der Waals surface area (Å²) in [6, 6.07) is -0.714. The van der Waals surface area contributed by atoms with E-state index in [0.29, 0.717) is 0 Å². The monoisotopic (exact) mass is 211 g/mol. The molecule has 1 atom stereocenters. The molecule has 0 saturated heterocycles. The van der Waals surface area contributed by atoms with Gasteiger partial charge in [0, 0.05) is 18.7 Å². The lowest BCUT2D eigenvalue weighted by Crippen LogP contribution is -2.31. The maximum Gasteiger partial charge on any atom is 0.390 e. The molecule has 0 radical (unpaired) electrons. The van der Waals surface area contributed by atoms with Gasteiger partial charge in [0.2, 0.25) is 0 Å². The number of aliphatic carboxylic acids is 1. The van der Waals surface area contributed by atoms with Crippen LogP contribution in [0.15, 0.2) is 12.2 Å². The molecule has 0 aromatic heterocycles. The summed E-state index contributed by atoms with van der Waals surface area (Å²) in [7, 11) is 0. The Labute approximate surface area is 79.6 Å². The van der Waals surface area contributed by atoms with Gasteiger partial charge in [-0.1, -0.05) is 6.08 Å². The molecule has 0 aliphatic rings. The SMILES string of the molecule is CC(CC(F)(F)F)NC/C=C/C(=O)O. The minimum absolute atomic E-state index is 0.115. The number of carboxylic acid groups (broad SMARTS) is 1. The third-order valence-electron chi connectivity index (χ3n) is 1.38. The maximum absolute atomic E-state index is 11.8. The van der Waals surface area contributed by atoms with Crippen molar-refractivity contribution < 1.29 is 23.1 Å². The standard InChI is InChI=1S/C8H12F3NO2/c1-6(5-8(9,10)11)12-4-2-3-7(13)14/h2-3,6,12H,4-5H2,1H3,(H,13,14)/b3-2+. The van der Waals surface area contributed by atoms with Crippen LogP contribution in [0.2, 0.25) is 0 Å². The van der Waals surface area contributed by atoms with Crippen LogP contribution in [0, 0.1) is 0 Å². The smallest absolute Gasteiger partial charge is 0.390 e. The summed E-state index contributed by atoms with van der Waals surface area (Å²) in [4.78, 5) is 9.98. The van der Waals surface area contributed by atoms with Crippen LogP contribution in [0.25, 0.3) is 0 Å². The van der Waals surface area contributed by atoms with Gasteiger partial charge in [0.05, 0.1) is 6.42 Å². The van der Waals surface area contributed by atoms with E-state index in [4.69, 9.17) is 5.11 Å². The normalized spacial score (nSPS) is 14.6. The lowest BCUT2D eigenvalue weighted by molar-refractivity contribution is -0.139. The zero-order chi connectivity index (χ0) is 11.2. The average Bonchev–Trinajstić information content (AvgIpc) is 1.94. The van der Waals surface area contributed by atoms with Crippen LogP contribution in [-0.2, 0) is 4.79 Å². The highest BCUT2D eigenvalue weighted by Gasteiger charge is 2.29. The van der Waals surface area contributed by atoms with Crippen LogP contribution in [0.3, 0.4) is 0 Å². The molecule has 0 aliphatic heterocycles. The highest BCUT2D eigenvalue weighted by molar-refractivity contribution is 5.79. The Morgan fingerprint density at radius 1 is 1.57 bits per heavy atom. The van der Waals surface area contributed by atoms with Crippen molar-refractivity contribution in [2.75, 3.05) is 6.54 Å². The molecular formula is C8H12F3NO2. The van der Waals surface area contributed by atoms with Crippen molar-refractivity contribution in [3.05, 3.63) is 12.2 Å². The first-order valence-corrected chi connectivity index (χ1v) is 4.01. The van der Waals surface area contributed by atoms with Crippen molar-refractivity contribution in [2.24, 2.45) is 0 Å². The van der Waals surface area contributed by atoms with E-state index in [0.717, 1.165) is 6.08 Å². The number of carbonyl (C=O) groups is 1. The summed E-state index contributed by atoms with van der Waals surface area (Å²) in [6.07, 6.45) is -2.97. The summed E-state index contributed by atoms with van der Waals surface area (Å²) in [6.45, 7) is 1.51. The number of nitrogens with one attached hydrogen (secondary N) is 1. The highest BCUT2D eigenvalue weighted by atomic mass is 19.4. The van der Waals surface area contributed by atoms with E-state index in [1.165, 1.54) is 13.0 Å². The lowest BCUT2D eigenvalue weighted by Gasteiger charge is -2.14. The van der Waals surface area contributed by atoms with E-state index in [9.17, 15) is 18.0 Å². The number of hydrogen-bond acceptors (Lipinski definition) is 2. The predicted molar refractivity (Wildman–Crippen MR) is 44.9 cm³/mol. The van der Waals surface area contributed by atoms with Crippen LogP contribution in [0.1, 0.15) is 13.3 Å². The van der Waals surface area contributed by atoms with Crippen molar-refractivity contribution in [1.29, 1.82) is 0 Å². The van der Waals surface area contributed by atoms with Gasteiger partial charge in [-0.05, 0) is 6.92 Å². The predicted octanol–water partition coefficient (Wildman–Crippen LogP) is 1.56. The van der Waals surface area contributed by atoms with Crippen molar-refractivity contribution in [3.63, 3.8) is 0 Å². The van der Waals surface area contributed by atoms with Gasteiger partial charge in [-0.15, -0.1) is 0 Å². The molecule has 0 bridgehead atoms. The Morgan fingerprint density at radius 2 is 2.14 bits per heavy atom. The second kappa shape index (κ2) is 5.64. The van der Waals surface area contributed by atoms with Crippen LogP contribution in [-0.4, -0.2) is 29.8 Å². The third-order valence-corrected chi connectivity index (χ3v) is 1.38. The van der Waals surface area contributed by atoms with Gasteiger partial charge < -0.3 is 10.4 Å². The lowest BCUT2D eigenvalue weighted by atomic mass is 10.2. The fraction of sp³-hybridized carbons (Fsp3) is 0.625. The fourth-order valence-corrected chi connectivity index (χ4v) is 0.848. The second-order valence-corrected chi connectivity index (χ2v) is 2.87. The molecule has 0 aromatic carbocycles. The van der Waals surface area contributed by atoms with Crippen molar-refractivity contribution in [3.8, 4) is 0 Å². The van der Waals surface area contributed by atoms with Gasteiger partial charge in [0.25, 0.3) is 0 Å². The molecule has 0 rings (SSSR count). The molecule has 2 N–H and O–H groups in total. The summed E-state index contributed by atoms with van der Waals surface area (Å²) in [5.74, 6) is -1.12. The maximum atomic E-state index is 11.8. The molecule has 0 saturated carbocycles. The van der Waals surface area contributed by atoms with Gasteiger partial charge in [-0.25, -0.2) is 4.79 Å². The molecule has 0 aliphatic carbocycles. The topological polar surface area (TPSA) is 49.3 Å². The Morgan fingerprint density at radius 3 is 2.57 bits per heavy atom. The molecule has 0 aromatic rings. The van der Waals surface area contributed by atoms with Crippen LogP contribution < -0.4 is 5.32 Å². The fourth-order valence-electron chi connectivity index (χ4n) is 0.848. The Bertz CT molecular complexity index is 213. The number of hydrogen-bond donors (Lipinski definition) is 2. The summed E-state index contributed by atoms with van der Waals surface area (Å²) >= 11 is 0.